The molecule has 0 aliphatic heterocycles. The topological polar surface area (TPSA) is 66.4 Å². The fourth-order valence-corrected chi connectivity index (χ4v) is 1.34. The Hall–Kier alpha value is -1.32. The van der Waals surface area contributed by atoms with E-state index >= 15 is 0 Å². The fourth-order valence-electron chi connectivity index (χ4n) is 1.34. The lowest BCUT2D eigenvalue weighted by molar-refractivity contribution is -0.140. The largest absolute Gasteiger partial charge is 0.481 e. The van der Waals surface area contributed by atoms with Crippen molar-refractivity contribution >= 4 is 11.9 Å². The van der Waals surface area contributed by atoms with Gasteiger partial charge in [0.25, 0.3) is 0 Å². The zero-order chi connectivity index (χ0) is 9.68. The van der Waals surface area contributed by atoms with Crippen molar-refractivity contribution in [3.8, 4) is 0 Å². The molecule has 0 fully saturated rings. The van der Waals surface area contributed by atoms with Crippen molar-refractivity contribution in [3.63, 3.8) is 0 Å². The molecule has 72 valence electrons. The summed E-state index contributed by atoms with van der Waals surface area (Å²) in [5, 5.41) is 11.0. The number of carbonyl (C=O) groups excluding carboxylic acids is 1. The molecule has 1 atom stereocenters. The van der Waals surface area contributed by atoms with Crippen LogP contribution in [0, 0.1) is 0 Å². The van der Waals surface area contributed by atoms with Gasteiger partial charge in [-0.25, -0.2) is 0 Å². The molecule has 4 heteroatoms. The molecule has 0 bridgehead atoms. The van der Waals surface area contributed by atoms with Crippen molar-refractivity contribution in [2.75, 3.05) is 0 Å². The van der Waals surface area contributed by atoms with Crippen molar-refractivity contribution in [3.05, 3.63) is 12.2 Å². The molecule has 0 saturated carbocycles. The Kier molecular flexibility index (Phi) is 3.49. The minimum absolute atomic E-state index is 0.122. The van der Waals surface area contributed by atoms with Crippen LogP contribution < -0.4 is 5.32 Å². The number of carbonyl (C=O) groups is 2. The summed E-state index contributed by atoms with van der Waals surface area (Å²) in [5.41, 5.74) is 0. The quantitative estimate of drug-likeness (QED) is 0.499. The summed E-state index contributed by atoms with van der Waals surface area (Å²) in [5.74, 6) is -1.48. The Morgan fingerprint density at radius 2 is 2.23 bits per heavy atom. The summed E-state index contributed by atoms with van der Waals surface area (Å²) in [6, 6.07) is 0.122. The third kappa shape index (κ3) is 3.73. The summed E-state index contributed by atoms with van der Waals surface area (Å²) >= 11 is 0. The van der Waals surface area contributed by atoms with Gasteiger partial charge in [0.2, 0.25) is 5.91 Å². The second-order valence-electron chi connectivity index (χ2n) is 3.12. The van der Waals surface area contributed by atoms with Gasteiger partial charge < -0.3 is 10.4 Å². The summed E-state index contributed by atoms with van der Waals surface area (Å²) in [6.45, 7) is 0. The highest BCUT2D eigenvalue weighted by atomic mass is 16.4. The molecule has 13 heavy (non-hydrogen) atoms. The Morgan fingerprint density at radius 3 is 2.77 bits per heavy atom. The van der Waals surface area contributed by atoms with Crippen molar-refractivity contribution in [1.29, 1.82) is 0 Å². The van der Waals surface area contributed by atoms with Gasteiger partial charge in [-0.1, -0.05) is 12.2 Å². The standard InChI is InChI=1S/C9H13NO3/c11-8(6-9(12)13)10-7-4-2-1-3-5-7/h1-2,7H,3-6H2,(H,10,11)(H,12,13). The Bertz CT molecular complexity index is 235. The highest BCUT2D eigenvalue weighted by Gasteiger charge is 2.14. The van der Waals surface area contributed by atoms with E-state index in [9.17, 15) is 9.59 Å². The molecule has 0 saturated heterocycles. The zero-order valence-corrected chi connectivity index (χ0v) is 7.32. The molecule has 0 spiro atoms. The Morgan fingerprint density at radius 1 is 1.46 bits per heavy atom. The average Bonchev–Trinajstić information content (AvgIpc) is 2.04. The van der Waals surface area contributed by atoms with Crippen LogP contribution in [-0.2, 0) is 9.59 Å². The van der Waals surface area contributed by atoms with Gasteiger partial charge >= 0.3 is 5.97 Å². The Balaban J connectivity index is 2.27. The van der Waals surface area contributed by atoms with E-state index < -0.39 is 18.3 Å². The Labute approximate surface area is 76.6 Å². The first-order valence-corrected chi connectivity index (χ1v) is 4.34. The maximum atomic E-state index is 11.0. The van der Waals surface area contributed by atoms with Gasteiger partial charge in [0.1, 0.15) is 6.42 Å². The number of carboxylic acid groups (broad SMARTS) is 1. The number of hydrogen-bond donors (Lipinski definition) is 2. The highest BCUT2D eigenvalue weighted by molar-refractivity contribution is 5.93. The molecule has 1 unspecified atom stereocenters. The van der Waals surface area contributed by atoms with Crippen molar-refractivity contribution in [1.82, 2.24) is 5.32 Å². The third-order valence-electron chi connectivity index (χ3n) is 1.95. The van der Waals surface area contributed by atoms with Gasteiger partial charge in [0, 0.05) is 6.04 Å². The molecule has 1 amide bonds. The van der Waals surface area contributed by atoms with E-state index in [-0.39, 0.29) is 6.04 Å². The van der Waals surface area contributed by atoms with E-state index in [0.717, 1.165) is 19.3 Å². The van der Waals surface area contributed by atoms with Gasteiger partial charge in [0.05, 0.1) is 0 Å². The van der Waals surface area contributed by atoms with Gasteiger partial charge in [-0.2, -0.15) is 0 Å². The first kappa shape index (κ1) is 9.77. The van der Waals surface area contributed by atoms with E-state index in [1.54, 1.807) is 0 Å². The second kappa shape index (κ2) is 4.64. The smallest absolute Gasteiger partial charge is 0.312 e. The van der Waals surface area contributed by atoms with Crippen LogP contribution in [0.1, 0.15) is 25.7 Å². The van der Waals surface area contributed by atoms with Gasteiger partial charge in [0.15, 0.2) is 0 Å². The maximum absolute atomic E-state index is 11.0. The fraction of sp³-hybridized carbons (Fsp3) is 0.556. The molecule has 1 rings (SSSR count). The molecule has 0 aromatic rings. The predicted octanol–water partition coefficient (Wildman–Crippen LogP) is 0.686. The predicted molar refractivity (Wildman–Crippen MR) is 47.2 cm³/mol. The van der Waals surface area contributed by atoms with E-state index in [0.29, 0.717) is 0 Å². The van der Waals surface area contributed by atoms with Gasteiger partial charge in [-0.15, -0.1) is 0 Å². The minimum atomic E-state index is -1.08. The van der Waals surface area contributed by atoms with E-state index in [2.05, 4.69) is 11.4 Å². The summed E-state index contributed by atoms with van der Waals surface area (Å²) < 4.78 is 0. The van der Waals surface area contributed by atoms with Crippen molar-refractivity contribution in [2.24, 2.45) is 0 Å². The summed E-state index contributed by atoms with van der Waals surface area (Å²) in [6.07, 6.45) is 6.32. The molecule has 2 N–H and O–H groups in total. The molecule has 1 aliphatic rings. The van der Waals surface area contributed by atoms with Gasteiger partial charge in [-0.05, 0) is 19.3 Å². The monoisotopic (exact) mass is 183 g/mol. The second-order valence-corrected chi connectivity index (χ2v) is 3.12. The molecular formula is C9H13NO3. The normalized spacial score (nSPS) is 21.1. The number of aliphatic carboxylic acids is 1. The van der Waals surface area contributed by atoms with Crippen LogP contribution in [-0.4, -0.2) is 23.0 Å². The van der Waals surface area contributed by atoms with Crippen LogP contribution in [0.25, 0.3) is 0 Å². The third-order valence-corrected chi connectivity index (χ3v) is 1.95. The molecule has 4 nitrogen and oxygen atoms in total. The molecule has 0 aromatic carbocycles. The van der Waals surface area contributed by atoms with E-state index in [4.69, 9.17) is 5.11 Å². The van der Waals surface area contributed by atoms with E-state index in [1.165, 1.54) is 0 Å². The first-order chi connectivity index (χ1) is 6.18. The van der Waals surface area contributed by atoms with Crippen LogP contribution in [0.3, 0.4) is 0 Å². The number of rotatable bonds is 3. The van der Waals surface area contributed by atoms with Crippen LogP contribution in [0.15, 0.2) is 12.2 Å². The molecular weight excluding hydrogens is 170 g/mol. The lowest BCUT2D eigenvalue weighted by Gasteiger charge is -2.18. The SMILES string of the molecule is O=C(O)CC(=O)NC1CC=CCC1. The van der Waals surface area contributed by atoms with Gasteiger partial charge in [-0.3, -0.25) is 9.59 Å². The molecule has 0 heterocycles. The number of carboxylic acids is 1. The number of allylic oxidation sites excluding steroid dienone is 1. The van der Waals surface area contributed by atoms with Crippen LogP contribution in [0.2, 0.25) is 0 Å². The van der Waals surface area contributed by atoms with Crippen molar-refractivity contribution < 1.29 is 14.7 Å². The van der Waals surface area contributed by atoms with Crippen LogP contribution in [0.4, 0.5) is 0 Å². The van der Waals surface area contributed by atoms with Crippen LogP contribution in [0.5, 0.6) is 0 Å². The molecule has 1 aliphatic carbocycles. The highest BCUT2D eigenvalue weighted by Crippen LogP contribution is 2.10. The minimum Gasteiger partial charge on any atom is -0.481 e. The lowest BCUT2D eigenvalue weighted by atomic mass is 10.0. The molecule has 0 aromatic heterocycles. The van der Waals surface area contributed by atoms with Crippen molar-refractivity contribution in [2.45, 2.75) is 31.7 Å². The average molecular weight is 183 g/mol. The van der Waals surface area contributed by atoms with E-state index in [1.807, 2.05) is 6.08 Å². The van der Waals surface area contributed by atoms with Crippen LogP contribution >= 0.6 is 0 Å². The molecule has 0 radical (unpaired) electrons. The summed E-state index contributed by atoms with van der Waals surface area (Å²) in [7, 11) is 0. The lowest BCUT2D eigenvalue weighted by Crippen LogP contribution is -2.36. The number of hydrogen-bond acceptors (Lipinski definition) is 2. The summed E-state index contributed by atoms with van der Waals surface area (Å²) in [4.78, 5) is 21.2. The number of amides is 1. The first-order valence-electron chi connectivity index (χ1n) is 4.34. The number of nitrogens with one attached hydrogen (secondary N) is 1. The maximum Gasteiger partial charge on any atom is 0.312 e. The zero-order valence-electron chi connectivity index (χ0n) is 7.32.